The lowest BCUT2D eigenvalue weighted by Crippen LogP contribution is -2.12. The van der Waals surface area contributed by atoms with Crippen LogP contribution in [0.15, 0.2) is 46.9 Å². The highest BCUT2D eigenvalue weighted by Gasteiger charge is 2.12. The summed E-state index contributed by atoms with van der Waals surface area (Å²) in [5.74, 6) is 2.44. The standard InChI is InChI=1S/C20H21N3O5/c1-25-15-6-4-5-13(11-15)20-23-22-19(28-20)10-9-18(24)21-14-7-8-16(26-2)17(12-14)27-3/h4-8,11-12H,9-10H2,1-3H3,(H,21,24). The number of hydrogen-bond acceptors (Lipinski definition) is 7. The second kappa shape index (κ2) is 8.90. The maximum absolute atomic E-state index is 12.2. The molecule has 0 unspecified atom stereocenters. The number of nitrogens with one attached hydrogen (secondary N) is 1. The molecule has 0 fully saturated rings. The van der Waals surface area contributed by atoms with E-state index in [4.69, 9.17) is 18.6 Å². The van der Waals surface area contributed by atoms with Gasteiger partial charge in [0.15, 0.2) is 11.5 Å². The van der Waals surface area contributed by atoms with E-state index < -0.39 is 0 Å². The summed E-state index contributed by atoms with van der Waals surface area (Å²) >= 11 is 0. The van der Waals surface area contributed by atoms with Gasteiger partial charge in [-0.25, -0.2) is 0 Å². The molecular formula is C20H21N3O5. The molecule has 3 aromatic rings. The van der Waals surface area contributed by atoms with Crippen LogP contribution in [0.4, 0.5) is 5.69 Å². The van der Waals surface area contributed by atoms with Crippen molar-refractivity contribution in [2.45, 2.75) is 12.8 Å². The van der Waals surface area contributed by atoms with Gasteiger partial charge in [0.25, 0.3) is 0 Å². The lowest BCUT2D eigenvalue weighted by atomic mass is 10.2. The zero-order chi connectivity index (χ0) is 19.9. The van der Waals surface area contributed by atoms with Crippen molar-refractivity contribution in [1.29, 1.82) is 0 Å². The first kappa shape index (κ1) is 19.2. The Morgan fingerprint density at radius 3 is 2.57 bits per heavy atom. The van der Waals surface area contributed by atoms with Crippen LogP contribution in [0.3, 0.4) is 0 Å². The van der Waals surface area contributed by atoms with Crippen molar-refractivity contribution >= 4 is 11.6 Å². The van der Waals surface area contributed by atoms with E-state index in [-0.39, 0.29) is 12.3 Å². The topological polar surface area (TPSA) is 95.7 Å². The predicted molar refractivity (Wildman–Crippen MR) is 103 cm³/mol. The van der Waals surface area contributed by atoms with Crippen LogP contribution in [0.1, 0.15) is 12.3 Å². The van der Waals surface area contributed by atoms with E-state index in [0.717, 1.165) is 5.56 Å². The molecule has 0 saturated heterocycles. The van der Waals surface area contributed by atoms with E-state index in [1.165, 1.54) is 0 Å². The number of carbonyl (C=O) groups excluding carboxylic acids is 1. The molecule has 1 N–H and O–H groups in total. The number of anilines is 1. The van der Waals surface area contributed by atoms with Crippen LogP contribution in [0.25, 0.3) is 11.5 Å². The van der Waals surface area contributed by atoms with Crippen molar-refractivity contribution in [2.75, 3.05) is 26.6 Å². The number of methoxy groups -OCH3 is 3. The van der Waals surface area contributed by atoms with E-state index in [0.29, 0.717) is 41.1 Å². The molecular weight excluding hydrogens is 362 g/mol. The monoisotopic (exact) mass is 383 g/mol. The molecule has 0 radical (unpaired) electrons. The Kier molecular flexibility index (Phi) is 6.11. The number of carbonyl (C=O) groups is 1. The molecule has 3 rings (SSSR count). The maximum atomic E-state index is 12.2. The summed E-state index contributed by atoms with van der Waals surface area (Å²) in [5.41, 5.74) is 1.37. The van der Waals surface area contributed by atoms with Gasteiger partial charge < -0.3 is 23.9 Å². The molecule has 0 aliphatic heterocycles. The molecule has 1 aromatic heterocycles. The molecule has 0 aliphatic rings. The second-order valence-corrected chi connectivity index (χ2v) is 5.85. The van der Waals surface area contributed by atoms with E-state index >= 15 is 0 Å². The summed E-state index contributed by atoms with van der Waals surface area (Å²) in [4.78, 5) is 12.2. The number of aromatic nitrogens is 2. The first-order valence-electron chi connectivity index (χ1n) is 8.61. The van der Waals surface area contributed by atoms with Crippen LogP contribution < -0.4 is 19.5 Å². The Morgan fingerprint density at radius 2 is 1.82 bits per heavy atom. The summed E-state index contributed by atoms with van der Waals surface area (Å²) in [6, 6.07) is 12.5. The first-order chi connectivity index (χ1) is 13.6. The summed E-state index contributed by atoms with van der Waals surface area (Å²) < 4.78 is 21.2. The Hall–Kier alpha value is -3.55. The van der Waals surface area contributed by atoms with Gasteiger partial charge in [-0.3, -0.25) is 4.79 Å². The fourth-order valence-corrected chi connectivity index (χ4v) is 2.59. The lowest BCUT2D eigenvalue weighted by molar-refractivity contribution is -0.116. The number of aryl methyl sites for hydroxylation is 1. The summed E-state index contributed by atoms with van der Waals surface area (Å²) in [5, 5.41) is 10.8. The van der Waals surface area contributed by atoms with Crippen LogP contribution in [0.5, 0.6) is 17.2 Å². The number of amides is 1. The molecule has 0 saturated carbocycles. The van der Waals surface area contributed by atoms with Crippen LogP contribution in [-0.2, 0) is 11.2 Å². The Balaban J connectivity index is 1.58. The molecule has 1 amide bonds. The second-order valence-electron chi connectivity index (χ2n) is 5.85. The van der Waals surface area contributed by atoms with Gasteiger partial charge in [-0.2, -0.15) is 0 Å². The van der Waals surface area contributed by atoms with Gasteiger partial charge >= 0.3 is 0 Å². The molecule has 0 atom stereocenters. The van der Waals surface area contributed by atoms with Gasteiger partial charge in [0, 0.05) is 30.2 Å². The van der Waals surface area contributed by atoms with E-state index in [2.05, 4.69) is 15.5 Å². The van der Waals surface area contributed by atoms with Crippen molar-refractivity contribution in [3.05, 3.63) is 48.4 Å². The van der Waals surface area contributed by atoms with Gasteiger partial charge in [-0.05, 0) is 30.3 Å². The normalized spacial score (nSPS) is 10.4. The van der Waals surface area contributed by atoms with Gasteiger partial charge in [0.2, 0.25) is 17.7 Å². The lowest BCUT2D eigenvalue weighted by Gasteiger charge is -2.10. The van der Waals surface area contributed by atoms with Gasteiger partial charge in [0.05, 0.1) is 21.3 Å². The highest BCUT2D eigenvalue weighted by atomic mass is 16.5. The number of nitrogens with zero attached hydrogens (tertiary/aromatic N) is 2. The molecule has 28 heavy (non-hydrogen) atoms. The fourth-order valence-electron chi connectivity index (χ4n) is 2.59. The average Bonchev–Trinajstić information content (AvgIpc) is 3.21. The SMILES string of the molecule is COc1cccc(-c2nnc(CCC(=O)Nc3ccc(OC)c(OC)c3)o2)c1. The van der Waals surface area contributed by atoms with Crippen LogP contribution in [-0.4, -0.2) is 37.4 Å². The molecule has 0 spiro atoms. The Morgan fingerprint density at radius 1 is 1.00 bits per heavy atom. The summed E-state index contributed by atoms with van der Waals surface area (Å²) in [7, 11) is 4.69. The molecule has 0 bridgehead atoms. The largest absolute Gasteiger partial charge is 0.497 e. The van der Waals surface area contributed by atoms with E-state index in [1.807, 2.05) is 18.2 Å². The van der Waals surface area contributed by atoms with Crippen LogP contribution in [0.2, 0.25) is 0 Å². The van der Waals surface area contributed by atoms with Crippen LogP contribution >= 0.6 is 0 Å². The molecule has 146 valence electrons. The number of benzene rings is 2. The van der Waals surface area contributed by atoms with Crippen molar-refractivity contribution in [2.24, 2.45) is 0 Å². The molecule has 1 heterocycles. The third-order valence-corrected chi connectivity index (χ3v) is 4.02. The van der Waals surface area contributed by atoms with Crippen molar-refractivity contribution in [3.63, 3.8) is 0 Å². The number of ether oxygens (including phenoxy) is 3. The molecule has 8 heteroatoms. The smallest absolute Gasteiger partial charge is 0.247 e. The van der Waals surface area contributed by atoms with Crippen molar-refractivity contribution in [1.82, 2.24) is 10.2 Å². The quantitative estimate of drug-likeness (QED) is 0.637. The highest BCUT2D eigenvalue weighted by Crippen LogP contribution is 2.29. The van der Waals surface area contributed by atoms with E-state index in [9.17, 15) is 4.79 Å². The Bertz CT molecular complexity index is 955. The van der Waals surface area contributed by atoms with E-state index in [1.54, 1.807) is 45.6 Å². The molecule has 8 nitrogen and oxygen atoms in total. The van der Waals surface area contributed by atoms with Gasteiger partial charge in [0.1, 0.15) is 5.75 Å². The minimum Gasteiger partial charge on any atom is -0.497 e. The number of rotatable bonds is 8. The summed E-state index contributed by atoms with van der Waals surface area (Å²) in [6.45, 7) is 0. The third-order valence-electron chi connectivity index (χ3n) is 4.02. The van der Waals surface area contributed by atoms with Gasteiger partial charge in [-0.15, -0.1) is 10.2 Å². The highest BCUT2D eigenvalue weighted by molar-refractivity contribution is 5.91. The summed E-state index contributed by atoms with van der Waals surface area (Å²) in [6.07, 6.45) is 0.532. The zero-order valence-electron chi connectivity index (χ0n) is 15.9. The average molecular weight is 383 g/mol. The van der Waals surface area contributed by atoms with Gasteiger partial charge in [-0.1, -0.05) is 6.07 Å². The number of hydrogen-bond donors (Lipinski definition) is 1. The Labute approximate surface area is 162 Å². The first-order valence-corrected chi connectivity index (χ1v) is 8.61. The zero-order valence-corrected chi connectivity index (χ0v) is 15.9. The maximum Gasteiger partial charge on any atom is 0.247 e. The van der Waals surface area contributed by atoms with Crippen molar-refractivity contribution in [3.8, 4) is 28.7 Å². The predicted octanol–water partition coefficient (Wildman–Crippen LogP) is 3.33. The van der Waals surface area contributed by atoms with Crippen LogP contribution in [0, 0.1) is 0 Å². The minimum absolute atomic E-state index is 0.173. The minimum atomic E-state index is -0.173. The molecule has 0 aliphatic carbocycles. The third kappa shape index (κ3) is 4.59. The van der Waals surface area contributed by atoms with Crippen molar-refractivity contribution < 1.29 is 23.4 Å². The fraction of sp³-hybridized carbons (Fsp3) is 0.250. The molecule has 2 aromatic carbocycles.